The van der Waals surface area contributed by atoms with E-state index in [1.54, 1.807) is 0 Å². The average Bonchev–Trinajstić information content (AvgIpc) is 2.75. The number of methoxy groups -OCH3 is 1. The zero-order chi connectivity index (χ0) is 19.2. The van der Waals surface area contributed by atoms with Crippen molar-refractivity contribution in [2.45, 2.75) is 0 Å². The van der Waals surface area contributed by atoms with Crippen molar-refractivity contribution in [3.63, 3.8) is 0 Å². The van der Waals surface area contributed by atoms with Gasteiger partial charge in [0.15, 0.2) is 0 Å². The van der Waals surface area contributed by atoms with E-state index in [2.05, 4.69) is 88.3 Å². The van der Waals surface area contributed by atoms with Gasteiger partial charge in [0.25, 0.3) is 0 Å². The van der Waals surface area contributed by atoms with E-state index >= 15 is 0 Å². The Morgan fingerprint density at radius 3 is 1.52 bits per heavy atom. The molecule has 0 heterocycles. The first-order valence-corrected chi connectivity index (χ1v) is 13.2. The van der Waals surface area contributed by atoms with Gasteiger partial charge < -0.3 is 0 Å². The molecule has 0 saturated carbocycles. The van der Waals surface area contributed by atoms with Crippen molar-refractivity contribution in [1.29, 1.82) is 0 Å². The van der Waals surface area contributed by atoms with Gasteiger partial charge in [-0.1, -0.05) is 0 Å². The molecular weight excluding hydrogens is 419 g/mol. The molecule has 3 aromatic rings. The number of benzene rings is 3. The van der Waals surface area contributed by atoms with Crippen LogP contribution in [0.4, 0.5) is 0 Å². The standard InChI is InChI=1S/C23H22BrO2P/c1-26-23(25)18-11-19-27(24,20-12-5-2-6-13-20,21-14-7-3-8-15-21)22-16-9-4-10-17-22/h2-18H,19H2,1H3/b18-11+. The van der Waals surface area contributed by atoms with Crippen molar-refractivity contribution in [3.8, 4) is 0 Å². The van der Waals surface area contributed by atoms with Crippen LogP contribution in [0.3, 0.4) is 0 Å². The molecule has 0 unspecified atom stereocenters. The third-order valence-corrected chi connectivity index (χ3v) is 14.4. The van der Waals surface area contributed by atoms with E-state index in [9.17, 15) is 4.79 Å². The molecule has 4 heteroatoms. The number of halogens is 1. The van der Waals surface area contributed by atoms with Crippen LogP contribution in [-0.2, 0) is 9.53 Å². The van der Waals surface area contributed by atoms with Gasteiger partial charge in [-0.2, -0.15) is 0 Å². The van der Waals surface area contributed by atoms with E-state index in [4.69, 9.17) is 4.74 Å². The molecule has 0 aliphatic rings. The van der Waals surface area contributed by atoms with E-state index in [1.165, 1.54) is 29.1 Å². The number of hydrogen-bond donors (Lipinski definition) is 0. The van der Waals surface area contributed by atoms with Crippen LogP contribution in [0.15, 0.2) is 103 Å². The Morgan fingerprint density at radius 2 is 1.19 bits per heavy atom. The van der Waals surface area contributed by atoms with Crippen molar-refractivity contribution in [2.24, 2.45) is 0 Å². The van der Waals surface area contributed by atoms with Crippen molar-refractivity contribution in [1.82, 2.24) is 0 Å². The summed E-state index contributed by atoms with van der Waals surface area (Å²) in [5, 5.41) is 0.657. The Bertz CT molecular complexity index is 825. The van der Waals surface area contributed by atoms with Gasteiger partial charge in [0.2, 0.25) is 0 Å². The summed E-state index contributed by atoms with van der Waals surface area (Å²) in [6.07, 6.45) is 4.10. The molecule has 27 heavy (non-hydrogen) atoms. The summed E-state index contributed by atoms with van der Waals surface area (Å²) >= 11 is 4.32. The third kappa shape index (κ3) is 3.63. The SMILES string of the molecule is COC(=O)/C=C/CP(Br)(c1ccccc1)(c1ccccc1)c1ccccc1. The predicted molar refractivity (Wildman–Crippen MR) is 120 cm³/mol. The number of carbonyl (C=O) groups excluding carboxylic acids is 1. The zero-order valence-corrected chi connectivity index (χ0v) is 17.6. The number of allylic oxidation sites excluding steroid dienone is 1. The second kappa shape index (κ2) is 8.21. The summed E-state index contributed by atoms with van der Waals surface area (Å²) in [4.78, 5) is 11.7. The number of carbonyl (C=O) groups is 1. The summed E-state index contributed by atoms with van der Waals surface area (Å²) in [5.41, 5.74) is 0. The summed E-state index contributed by atoms with van der Waals surface area (Å²) in [5.74, 6) is -0.346. The van der Waals surface area contributed by atoms with Crippen molar-refractivity contribution in [2.75, 3.05) is 13.3 Å². The van der Waals surface area contributed by atoms with Crippen LogP contribution in [0.2, 0.25) is 0 Å². The fourth-order valence-corrected chi connectivity index (χ4v) is 10.4. The van der Waals surface area contributed by atoms with Crippen LogP contribution in [0.5, 0.6) is 0 Å². The van der Waals surface area contributed by atoms with E-state index in [1.807, 2.05) is 24.3 Å². The van der Waals surface area contributed by atoms with Crippen molar-refractivity contribution < 1.29 is 9.53 Å². The van der Waals surface area contributed by atoms with E-state index in [0.29, 0.717) is 6.16 Å². The van der Waals surface area contributed by atoms with Gasteiger partial charge in [-0.15, -0.1) is 0 Å². The maximum atomic E-state index is 11.7. The quantitative estimate of drug-likeness (QED) is 0.319. The Morgan fingerprint density at radius 1 is 0.815 bits per heavy atom. The van der Waals surface area contributed by atoms with E-state index in [-0.39, 0.29) is 5.97 Å². The van der Waals surface area contributed by atoms with Gasteiger partial charge in [0.05, 0.1) is 0 Å². The van der Waals surface area contributed by atoms with Gasteiger partial charge in [0, 0.05) is 0 Å². The average molecular weight is 441 g/mol. The monoisotopic (exact) mass is 440 g/mol. The molecule has 0 spiro atoms. The van der Waals surface area contributed by atoms with E-state index < -0.39 is 5.31 Å². The first-order chi connectivity index (χ1) is 13.1. The second-order valence-electron chi connectivity index (χ2n) is 6.30. The van der Waals surface area contributed by atoms with Crippen LogP contribution < -0.4 is 15.9 Å². The molecule has 3 aromatic carbocycles. The Kier molecular flexibility index (Phi) is 5.94. The Hall–Kier alpha value is -2.22. The minimum atomic E-state index is -3.00. The molecule has 0 saturated heterocycles. The summed E-state index contributed by atoms with van der Waals surface area (Å²) < 4.78 is 4.79. The fourth-order valence-electron chi connectivity index (χ4n) is 3.39. The van der Waals surface area contributed by atoms with Gasteiger partial charge in [-0.05, 0) is 0 Å². The Labute approximate surface area is 168 Å². The molecule has 0 aliphatic heterocycles. The number of rotatable bonds is 6. The van der Waals surface area contributed by atoms with Gasteiger partial charge >= 0.3 is 169 Å². The first kappa shape index (κ1) is 19.5. The molecule has 138 valence electrons. The molecule has 0 amide bonds. The third-order valence-electron chi connectivity index (χ3n) is 4.79. The molecule has 2 nitrogen and oxygen atoms in total. The summed E-state index contributed by atoms with van der Waals surface area (Å²) in [7, 11) is 1.39. The Balaban J connectivity index is 2.32. The molecule has 3 rings (SSSR count). The van der Waals surface area contributed by atoms with Crippen LogP contribution >= 0.6 is 20.8 Å². The molecular formula is C23H22BrO2P. The van der Waals surface area contributed by atoms with Gasteiger partial charge in [0.1, 0.15) is 0 Å². The number of esters is 1. The normalized spacial score (nSPS) is 13.0. The molecule has 0 radical (unpaired) electrons. The van der Waals surface area contributed by atoms with E-state index in [0.717, 1.165) is 0 Å². The van der Waals surface area contributed by atoms with Crippen LogP contribution in [0.1, 0.15) is 0 Å². The molecule has 0 bridgehead atoms. The summed E-state index contributed by atoms with van der Waals surface area (Å²) in [6, 6.07) is 31.4. The zero-order valence-electron chi connectivity index (χ0n) is 15.2. The van der Waals surface area contributed by atoms with Crippen LogP contribution in [-0.4, -0.2) is 19.2 Å². The molecule has 0 fully saturated rings. The topological polar surface area (TPSA) is 26.3 Å². The molecule has 0 aromatic heterocycles. The van der Waals surface area contributed by atoms with Crippen LogP contribution in [0, 0.1) is 0 Å². The first-order valence-electron chi connectivity index (χ1n) is 8.73. The number of ether oxygens (including phenoxy) is 1. The molecule has 0 aliphatic carbocycles. The predicted octanol–water partition coefficient (Wildman–Crippen LogP) is 4.56. The van der Waals surface area contributed by atoms with Gasteiger partial charge in [-0.25, -0.2) is 0 Å². The minimum absolute atomic E-state index is 0.346. The maximum absolute atomic E-state index is 11.7. The summed E-state index contributed by atoms with van der Waals surface area (Å²) in [6.45, 7) is 0. The second-order valence-corrected chi connectivity index (χ2v) is 15.3. The molecule has 0 atom stereocenters. The van der Waals surface area contributed by atoms with Crippen molar-refractivity contribution >= 4 is 42.7 Å². The van der Waals surface area contributed by atoms with Crippen molar-refractivity contribution in [3.05, 3.63) is 103 Å². The number of hydrogen-bond acceptors (Lipinski definition) is 2. The van der Waals surface area contributed by atoms with Gasteiger partial charge in [-0.3, -0.25) is 0 Å². The van der Waals surface area contributed by atoms with Crippen LogP contribution in [0.25, 0.3) is 0 Å². The fraction of sp³-hybridized carbons (Fsp3) is 0.0870. The molecule has 0 N–H and O–H groups in total.